The molecule has 0 spiro atoms. The highest BCUT2D eigenvalue weighted by Crippen LogP contribution is 2.23. The number of aliphatic carboxylic acids is 1. The van der Waals surface area contributed by atoms with Crippen molar-refractivity contribution in [2.75, 3.05) is 0 Å². The molecule has 0 amide bonds. The zero-order valence-corrected chi connectivity index (χ0v) is 9.71. The number of hydrogen-bond donors (Lipinski definition) is 2. The number of nitrogens with two attached hydrogens (primary N) is 1. The van der Waals surface area contributed by atoms with Gasteiger partial charge >= 0.3 is 5.97 Å². The van der Waals surface area contributed by atoms with Gasteiger partial charge in [-0.25, -0.2) is 0 Å². The minimum atomic E-state index is -0.736. The summed E-state index contributed by atoms with van der Waals surface area (Å²) >= 11 is 0. The molecule has 2 atom stereocenters. The number of carboxylic acid groups (broad SMARTS) is 1. The van der Waals surface area contributed by atoms with Gasteiger partial charge in [0.25, 0.3) is 0 Å². The van der Waals surface area contributed by atoms with Crippen LogP contribution in [0.1, 0.15) is 47.0 Å². The molecule has 0 unspecified atom stereocenters. The molecule has 0 heterocycles. The number of carboxylic acids is 1. The van der Waals surface area contributed by atoms with Gasteiger partial charge in [-0.2, -0.15) is 0 Å². The zero-order chi connectivity index (χ0) is 11.4. The summed E-state index contributed by atoms with van der Waals surface area (Å²) in [5.74, 6) is -0.565. The zero-order valence-electron chi connectivity index (χ0n) is 9.71. The van der Waals surface area contributed by atoms with Crippen LogP contribution in [0.25, 0.3) is 0 Å². The van der Waals surface area contributed by atoms with Crippen molar-refractivity contribution in [1.82, 2.24) is 0 Å². The normalized spacial score (nSPS) is 16.4. The molecule has 0 aliphatic carbocycles. The maximum atomic E-state index is 10.4. The first-order valence-electron chi connectivity index (χ1n) is 5.18. The van der Waals surface area contributed by atoms with Crippen molar-refractivity contribution in [3.63, 3.8) is 0 Å². The molecule has 0 bridgehead atoms. The molecule has 0 aromatic carbocycles. The van der Waals surface area contributed by atoms with Crippen LogP contribution >= 0.6 is 0 Å². The van der Waals surface area contributed by atoms with E-state index < -0.39 is 5.97 Å². The summed E-state index contributed by atoms with van der Waals surface area (Å²) in [6.45, 7) is 8.38. The molecule has 14 heavy (non-hydrogen) atoms. The molecule has 0 radical (unpaired) electrons. The Bertz CT molecular complexity index is 184. The first-order valence-corrected chi connectivity index (χ1v) is 5.18. The Kier molecular flexibility index (Phi) is 5.13. The topological polar surface area (TPSA) is 63.3 Å². The highest BCUT2D eigenvalue weighted by Gasteiger charge is 2.18. The van der Waals surface area contributed by atoms with Crippen LogP contribution in [-0.4, -0.2) is 17.1 Å². The number of carbonyl (C=O) groups is 1. The monoisotopic (exact) mass is 201 g/mol. The van der Waals surface area contributed by atoms with Crippen LogP contribution in [0.15, 0.2) is 0 Å². The van der Waals surface area contributed by atoms with Crippen LogP contribution in [0.2, 0.25) is 0 Å². The Labute approximate surface area is 86.7 Å². The molecular formula is C11H23NO2. The van der Waals surface area contributed by atoms with Crippen LogP contribution in [0, 0.1) is 11.3 Å². The lowest BCUT2D eigenvalue weighted by molar-refractivity contribution is -0.138. The standard InChI is InChI=1S/C11H23NO2/c1-8(6-10(13)14)5-9(12)7-11(2,3)4/h8-9H,5-7,12H2,1-4H3,(H,13,14)/t8-,9-/m0/s1. The second kappa shape index (κ2) is 5.35. The van der Waals surface area contributed by atoms with E-state index in [2.05, 4.69) is 20.8 Å². The van der Waals surface area contributed by atoms with Gasteiger partial charge in [-0.15, -0.1) is 0 Å². The van der Waals surface area contributed by atoms with Gasteiger partial charge in [0, 0.05) is 12.5 Å². The Morgan fingerprint density at radius 2 is 1.93 bits per heavy atom. The van der Waals surface area contributed by atoms with Gasteiger partial charge in [0.15, 0.2) is 0 Å². The lowest BCUT2D eigenvalue weighted by atomic mass is 9.85. The maximum absolute atomic E-state index is 10.4. The highest BCUT2D eigenvalue weighted by atomic mass is 16.4. The minimum absolute atomic E-state index is 0.115. The largest absolute Gasteiger partial charge is 0.481 e. The van der Waals surface area contributed by atoms with Crippen molar-refractivity contribution >= 4 is 5.97 Å². The molecule has 0 aromatic rings. The van der Waals surface area contributed by atoms with Crippen molar-refractivity contribution in [1.29, 1.82) is 0 Å². The minimum Gasteiger partial charge on any atom is -0.481 e. The van der Waals surface area contributed by atoms with E-state index >= 15 is 0 Å². The van der Waals surface area contributed by atoms with Gasteiger partial charge < -0.3 is 10.8 Å². The van der Waals surface area contributed by atoms with E-state index in [1.165, 1.54) is 0 Å². The Balaban J connectivity index is 3.82. The van der Waals surface area contributed by atoms with Crippen LogP contribution in [0.5, 0.6) is 0 Å². The van der Waals surface area contributed by atoms with Gasteiger partial charge in [0.1, 0.15) is 0 Å². The van der Waals surface area contributed by atoms with Crippen molar-refractivity contribution in [3.05, 3.63) is 0 Å². The molecule has 3 N–H and O–H groups in total. The fraction of sp³-hybridized carbons (Fsp3) is 0.909. The summed E-state index contributed by atoms with van der Waals surface area (Å²) in [7, 11) is 0. The molecule has 0 saturated heterocycles. The van der Waals surface area contributed by atoms with Crippen LogP contribution in [-0.2, 0) is 4.79 Å². The molecule has 0 saturated carbocycles. The molecule has 0 rings (SSSR count). The van der Waals surface area contributed by atoms with E-state index in [1.54, 1.807) is 0 Å². The molecule has 0 aliphatic rings. The first kappa shape index (κ1) is 13.4. The number of rotatable bonds is 5. The summed E-state index contributed by atoms with van der Waals surface area (Å²) in [4.78, 5) is 10.4. The van der Waals surface area contributed by atoms with E-state index in [4.69, 9.17) is 10.8 Å². The Morgan fingerprint density at radius 3 is 2.29 bits per heavy atom. The fourth-order valence-corrected chi connectivity index (χ4v) is 1.77. The third-order valence-corrected chi connectivity index (χ3v) is 2.10. The smallest absolute Gasteiger partial charge is 0.303 e. The van der Waals surface area contributed by atoms with E-state index in [9.17, 15) is 4.79 Å². The molecule has 0 aromatic heterocycles. The van der Waals surface area contributed by atoms with Crippen LogP contribution in [0.3, 0.4) is 0 Å². The summed E-state index contributed by atoms with van der Waals surface area (Å²) in [6, 6.07) is 0.115. The first-order chi connectivity index (χ1) is 6.20. The summed E-state index contributed by atoms with van der Waals surface area (Å²) in [5.41, 5.74) is 6.17. The second-order valence-electron chi connectivity index (χ2n) is 5.46. The van der Waals surface area contributed by atoms with Crippen molar-refractivity contribution < 1.29 is 9.90 Å². The van der Waals surface area contributed by atoms with E-state index in [-0.39, 0.29) is 23.8 Å². The van der Waals surface area contributed by atoms with Crippen molar-refractivity contribution in [3.8, 4) is 0 Å². The highest BCUT2D eigenvalue weighted by molar-refractivity contribution is 5.66. The summed E-state index contributed by atoms with van der Waals surface area (Å²) in [6.07, 6.45) is 1.96. The van der Waals surface area contributed by atoms with Gasteiger partial charge in [-0.1, -0.05) is 27.7 Å². The molecule has 3 heteroatoms. The predicted molar refractivity (Wildman–Crippen MR) is 58.1 cm³/mol. The van der Waals surface area contributed by atoms with Crippen molar-refractivity contribution in [2.24, 2.45) is 17.1 Å². The van der Waals surface area contributed by atoms with E-state index in [0.29, 0.717) is 0 Å². The summed E-state index contributed by atoms with van der Waals surface area (Å²) < 4.78 is 0. The average molecular weight is 201 g/mol. The third kappa shape index (κ3) is 8.05. The predicted octanol–water partition coefficient (Wildman–Crippen LogP) is 2.25. The number of hydrogen-bond acceptors (Lipinski definition) is 2. The van der Waals surface area contributed by atoms with Crippen molar-refractivity contribution in [2.45, 2.75) is 53.0 Å². The SMILES string of the molecule is C[C@H](CC(=O)O)C[C@H](N)CC(C)(C)C. The molecule has 3 nitrogen and oxygen atoms in total. The van der Waals surface area contributed by atoms with Gasteiger partial charge in [0.2, 0.25) is 0 Å². The quantitative estimate of drug-likeness (QED) is 0.717. The average Bonchev–Trinajstić information content (AvgIpc) is 1.77. The fourth-order valence-electron chi connectivity index (χ4n) is 1.77. The molecule has 0 aliphatic heterocycles. The van der Waals surface area contributed by atoms with Crippen LogP contribution < -0.4 is 5.73 Å². The summed E-state index contributed by atoms with van der Waals surface area (Å²) in [5, 5.41) is 8.59. The van der Waals surface area contributed by atoms with Crippen LogP contribution in [0.4, 0.5) is 0 Å². The molecular weight excluding hydrogens is 178 g/mol. The lowest BCUT2D eigenvalue weighted by Gasteiger charge is -2.24. The lowest BCUT2D eigenvalue weighted by Crippen LogP contribution is -2.28. The van der Waals surface area contributed by atoms with E-state index in [0.717, 1.165) is 12.8 Å². The van der Waals surface area contributed by atoms with Gasteiger partial charge in [-0.3, -0.25) is 4.79 Å². The maximum Gasteiger partial charge on any atom is 0.303 e. The Hall–Kier alpha value is -0.570. The Morgan fingerprint density at radius 1 is 1.43 bits per heavy atom. The van der Waals surface area contributed by atoms with E-state index in [1.807, 2.05) is 6.92 Å². The van der Waals surface area contributed by atoms with Gasteiger partial charge in [-0.05, 0) is 24.2 Å². The van der Waals surface area contributed by atoms with Gasteiger partial charge in [0.05, 0.1) is 0 Å². The second-order valence-corrected chi connectivity index (χ2v) is 5.46. The molecule has 84 valence electrons. The third-order valence-electron chi connectivity index (χ3n) is 2.10. The molecule has 0 fully saturated rings.